The summed E-state index contributed by atoms with van der Waals surface area (Å²) in [6, 6.07) is 14.3. The van der Waals surface area contributed by atoms with E-state index in [0.29, 0.717) is 28.6 Å². The number of fused-ring (bicyclic) bond motifs is 2. The highest BCUT2D eigenvalue weighted by Crippen LogP contribution is 2.36. The summed E-state index contributed by atoms with van der Waals surface area (Å²) in [6.45, 7) is 1.77. The van der Waals surface area contributed by atoms with E-state index in [1.54, 1.807) is 55.5 Å². The smallest absolute Gasteiger partial charge is 0.361 e. The van der Waals surface area contributed by atoms with Gasteiger partial charge in [-0.15, -0.1) is 0 Å². The zero-order chi connectivity index (χ0) is 29.6. The van der Waals surface area contributed by atoms with Crippen molar-refractivity contribution >= 4 is 39.2 Å². The molecular formula is C29H19ClF3N7O2. The van der Waals surface area contributed by atoms with Gasteiger partial charge in [0, 0.05) is 28.9 Å². The van der Waals surface area contributed by atoms with Gasteiger partial charge < -0.3 is 10.3 Å². The lowest BCUT2D eigenvalue weighted by Gasteiger charge is -2.24. The molecule has 0 fully saturated rings. The molecule has 6 rings (SSSR count). The Morgan fingerprint density at radius 1 is 0.929 bits per heavy atom. The molecule has 0 unspecified atom stereocenters. The van der Waals surface area contributed by atoms with E-state index in [9.17, 15) is 22.8 Å². The molecule has 4 aromatic heterocycles. The van der Waals surface area contributed by atoms with Crippen LogP contribution in [0.1, 0.15) is 24.4 Å². The first-order chi connectivity index (χ1) is 20.1. The average Bonchev–Trinajstić information content (AvgIpc) is 2.98. The maximum absolute atomic E-state index is 14.3. The van der Waals surface area contributed by atoms with Crippen molar-refractivity contribution in [1.29, 1.82) is 0 Å². The van der Waals surface area contributed by atoms with Gasteiger partial charge >= 0.3 is 6.18 Å². The third-order valence-electron chi connectivity index (χ3n) is 6.73. The van der Waals surface area contributed by atoms with Crippen molar-refractivity contribution in [2.24, 2.45) is 0 Å². The molecule has 1 atom stereocenters. The minimum Gasteiger partial charge on any atom is -0.361 e. The Kier molecular flexibility index (Phi) is 6.70. The first-order valence-corrected chi connectivity index (χ1v) is 12.9. The first kappa shape index (κ1) is 27.1. The monoisotopic (exact) mass is 589 g/mol. The fourth-order valence-corrected chi connectivity index (χ4v) is 5.26. The molecule has 4 heterocycles. The number of alkyl halides is 3. The van der Waals surface area contributed by atoms with Gasteiger partial charge in [0.1, 0.15) is 23.2 Å². The number of pyridine rings is 2. The summed E-state index contributed by atoms with van der Waals surface area (Å²) in [7, 11) is 0. The summed E-state index contributed by atoms with van der Waals surface area (Å²) in [5, 5.41) is 4.17. The molecule has 0 amide bonds. The summed E-state index contributed by atoms with van der Waals surface area (Å²) in [5.41, 5.74) is -0.385. The van der Waals surface area contributed by atoms with Crippen LogP contribution in [0, 0.1) is 0 Å². The minimum atomic E-state index is -4.66. The van der Waals surface area contributed by atoms with E-state index < -0.39 is 23.5 Å². The molecule has 0 aliphatic rings. The molecule has 42 heavy (non-hydrogen) atoms. The van der Waals surface area contributed by atoms with Crippen LogP contribution in [0.5, 0.6) is 0 Å². The van der Waals surface area contributed by atoms with Gasteiger partial charge in [0.2, 0.25) is 0 Å². The summed E-state index contributed by atoms with van der Waals surface area (Å²) in [5.74, 6) is 0.242. The van der Waals surface area contributed by atoms with Crippen LogP contribution in [0.15, 0.2) is 89.1 Å². The fourth-order valence-electron chi connectivity index (χ4n) is 4.86. The molecule has 0 spiro atoms. The third kappa shape index (κ3) is 4.65. The normalized spacial score (nSPS) is 12.5. The number of halogens is 4. The average molecular weight is 590 g/mol. The van der Waals surface area contributed by atoms with Gasteiger partial charge in [-0.25, -0.2) is 15.0 Å². The Hall–Kier alpha value is -5.10. The van der Waals surface area contributed by atoms with Crippen LogP contribution in [-0.2, 0) is 6.18 Å². The van der Waals surface area contributed by atoms with Gasteiger partial charge in [0.25, 0.3) is 5.56 Å². The Morgan fingerprint density at radius 3 is 2.43 bits per heavy atom. The van der Waals surface area contributed by atoms with Crippen molar-refractivity contribution < 1.29 is 13.2 Å². The maximum Gasteiger partial charge on any atom is 0.434 e. The second-order valence-corrected chi connectivity index (χ2v) is 9.72. The van der Waals surface area contributed by atoms with E-state index in [4.69, 9.17) is 11.6 Å². The van der Waals surface area contributed by atoms with Crippen LogP contribution in [0.4, 0.5) is 19.0 Å². The van der Waals surface area contributed by atoms with Crippen LogP contribution in [0.2, 0.25) is 5.02 Å². The Balaban J connectivity index is 1.58. The molecule has 0 radical (unpaired) electrons. The van der Waals surface area contributed by atoms with Crippen molar-refractivity contribution in [3.05, 3.63) is 117 Å². The lowest BCUT2D eigenvalue weighted by Crippen LogP contribution is -2.27. The molecule has 210 valence electrons. The lowest BCUT2D eigenvalue weighted by atomic mass is 10.0. The molecule has 2 aromatic carbocycles. The number of hydrogen-bond acceptors (Lipinski definition) is 7. The number of benzene rings is 2. The van der Waals surface area contributed by atoms with Gasteiger partial charge in [0.05, 0.1) is 40.2 Å². The first-order valence-electron chi connectivity index (χ1n) is 12.6. The Morgan fingerprint density at radius 2 is 1.71 bits per heavy atom. The van der Waals surface area contributed by atoms with Gasteiger partial charge in [0.15, 0.2) is 11.1 Å². The Bertz CT molecular complexity index is 2070. The van der Waals surface area contributed by atoms with Gasteiger partial charge in [-0.05, 0) is 19.1 Å². The number of nitrogens with one attached hydrogen (secondary N) is 2. The highest BCUT2D eigenvalue weighted by atomic mass is 35.5. The molecule has 0 aliphatic heterocycles. The minimum absolute atomic E-state index is 0.0759. The molecule has 2 N–H and O–H groups in total. The highest BCUT2D eigenvalue weighted by Gasteiger charge is 2.33. The predicted octanol–water partition coefficient (Wildman–Crippen LogP) is 5.92. The third-order valence-corrected chi connectivity index (χ3v) is 7.13. The molecule has 6 aromatic rings. The van der Waals surface area contributed by atoms with Gasteiger partial charge in [-0.1, -0.05) is 48.0 Å². The van der Waals surface area contributed by atoms with Gasteiger partial charge in [-0.3, -0.25) is 19.1 Å². The second kappa shape index (κ2) is 10.4. The number of anilines is 1. The highest BCUT2D eigenvalue weighted by molar-refractivity contribution is 6.36. The van der Waals surface area contributed by atoms with Crippen molar-refractivity contribution in [2.45, 2.75) is 19.1 Å². The molecule has 0 bridgehead atoms. The number of aromatic nitrogens is 6. The van der Waals surface area contributed by atoms with Crippen molar-refractivity contribution in [2.75, 3.05) is 5.32 Å². The van der Waals surface area contributed by atoms with Crippen LogP contribution in [0.25, 0.3) is 38.8 Å². The van der Waals surface area contributed by atoms with Crippen molar-refractivity contribution in [3.63, 3.8) is 0 Å². The molecule has 0 aliphatic carbocycles. The number of para-hydroxylation sites is 1. The SMILES string of the molecule is C[C@H](Nc1ncnc2[nH]ccc(=O)c12)c1c(Cl)c2cccc(-c3cnc(C(F)(F)F)cn3)c2c(=O)n1-c1ccccc1. The number of nitrogens with zero attached hydrogens (tertiary/aromatic N) is 5. The predicted molar refractivity (Wildman–Crippen MR) is 153 cm³/mol. The van der Waals surface area contributed by atoms with E-state index in [1.165, 1.54) is 23.2 Å². The van der Waals surface area contributed by atoms with Crippen LogP contribution < -0.4 is 16.3 Å². The van der Waals surface area contributed by atoms with E-state index in [2.05, 4.69) is 30.2 Å². The number of H-pyrrole nitrogens is 1. The fraction of sp³-hybridized carbons (Fsp3) is 0.103. The second-order valence-electron chi connectivity index (χ2n) is 9.34. The molecule has 13 heteroatoms. The number of hydrogen-bond donors (Lipinski definition) is 2. The quantitative estimate of drug-likeness (QED) is 0.256. The maximum atomic E-state index is 14.3. The largest absolute Gasteiger partial charge is 0.434 e. The van der Waals surface area contributed by atoms with E-state index >= 15 is 0 Å². The van der Waals surface area contributed by atoms with Crippen molar-refractivity contribution in [1.82, 2.24) is 29.5 Å². The van der Waals surface area contributed by atoms with Crippen LogP contribution in [-0.4, -0.2) is 29.5 Å². The number of rotatable bonds is 5. The van der Waals surface area contributed by atoms with E-state index in [1.807, 2.05) is 0 Å². The van der Waals surface area contributed by atoms with E-state index in [0.717, 1.165) is 6.20 Å². The summed E-state index contributed by atoms with van der Waals surface area (Å²) in [4.78, 5) is 45.7. The summed E-state index contributed by atoms with van der Waals surface area (Å²) in [6.07, 6.45) is -0.271. The van der Waals surface area contributed by atoms with Crippen molar-refractivity contribution in [3.8, 4) is 16.9 Å². The summed E-state index contributed by atoms with van der Waals surface area (Å²) >= 11 is 7.04. The molecular weight excluding hydrogens is 571 g/mol. The van der Waals surface area contributed by atoms with Crippen LogP contribution >= 0.6 is 11.6 Å². The zero-order valence-electron chi connectivity index (χ0n) is 21.6. The van der Waals surface area contributed by atoms with E-state index in [-0.39, 0.29) is 38.3 Å². The molecule has 0 saturated carbocycles. The zero-order valence-corrected chi connectivity index (χ0v) is 22.4. The standard InChI is InChI=1S/C29H19ClF3N7O2/c1-15(39-27-23-20(41)10-11-34-26(23)37-14-38-27)25-24(30)18-9-5-8-17(19-12-36-21(13-35-19)29(31,32)33)22(18)28(42)40(25)16-6-3-2-4-7-16/h2-15H,1H3,(H2,34,37,38,39,41)/t15-/m0/s1. The Labute approximate surface area is 239 Å². The lowest BCUT2D eigenvalue weighted by molar-refractivity contribution is -0.141. The molecule has 0 saturated heterocycles. The number of aromatic amines is 1. The van der Waals surface area contributed by atoms with Gasteiger partial charge in [-0.2, -0.15) is 13.2 Å². The summed E-state index contributed by atoms with van der Waals surface area (Å²) < 4.78 is 40.8. The van der Waals surface area contributed by atoms with Crippen LogP contribution in [0.3, 0.4) is 0 Å². The molecule has 9 nitrogen and oxygen atoms in total. The topological polar surface area (TPSA) is 118 Å².